The maximum atomic E-state index is 13.1. The Morgan fingerprint density at radius 3 is 2.41 bits per heavy atom. The average molecular weight is 488 g/mol. The van der Waals surface area contributed by atoms with E-state index in [9.17, 15) is 22.8 Å². The van der Waals surface area contributed by atoms with Crippen molar-refractivity contribution in [2.24, 2.45) is 0 Å². The van der Waals surface area contributed by atoms with Crippen molar-refractivity contribution in [2.75, 3.05) is 10.2 Å². The maximum absolute atomic E-state index is 13.1. The lowest BCUT2D eigenvalue weighted by Crippen LogP contribution is -2.23. The summed E-state index contributed by atoms with van der Waals surface area (Å²) in [6.45, 7) is 7.40. The number of carbonyl (C=O) groups is 2. The number of halogens is 3. The molecule has 9 heteroatoms. The highest BCUT2D eigenvalue weighted by Crippen LogP contribution is 2.35. The lowest BCUT2D eigenvalue weighted by molar-refractivity contribution is -0.137. The van der Waals surface area contributed by atoms with Gasteiger partial charge >= 0.3 is 6.18 Å². The van der Waals surface area contributed by atoms with Crippen LogP contribution in [0.5, 0.6) is 0 Å². The number of para-hydroxylation sites is 1. The number of hydrogen-bond acceptors (Lipinski definition) is 4. The SMILES string of the molecule is CC(=O)N(c1cccc(C(F)(F)F)c1)c1nc(/C=C/C(=O)Nc2ccccc2C(C)(C)C)cs1. The topological polar surface area (TPSA) is 62.3 Å². The number of nitrogens with zero attached hydrogens (tertiary/aromatic N) is 2. The summed E-state index contributed by atoms with van der Waals surface area (Å²) in [5.41, 5.74) is 1.14. The van der Waals surface area contributed by atoms with E-state index in [4.69, 9.17) is 0 Å². The quantitative estimate of drug-likeness (QED) is 0.403. The van der Waals surface area contributed by atoms with E-state index < -0.39 is 17.6 Å². The van der Waals surface area contributed by atoms with E-state index in [1.54, 1.807) is 5.38 Å². The zero-order chi connectivity index (χ0) is 25.1. The first-order valence-electron chi connectivity index (χ1n) is 10.4. The molecule has 2 amide bonds. The average Bonchev–Trinajstić information content (AvgIpc) is 3.20. The predicted molar refractivity (Wildman–Crippen MR) is 129 cm³/mol. The Morgan fingerprint density at radius 2 is 1.76 bits per heavy atom. The minimum Gasteiger partial charge on any atom is -0.322 e. The number of nitrogens with one attached hydrogen (secondary N) is 1. The first kappa shape index (κ1) is 25.2. The molecule has 0 radical (unpaired) electrons. The van der Waals surface area contributed by atoms with E-state index in [1.807, 2.05) is 24.3 Å². The van der Waals surface area contributed by atoms with Crippen molar-refractivity contribution in [1.82, 2.24) is 4.98 Å². The molecule has 1 aromatic heterocycles. The Kier molecular flexibility index (Phi) is 7.26. The largest absolute Gasteiger partial charge is 0.416 e. The number of rotatable bonds is 5. The molecule has 0 fully saturated rings. The number of anilines is 3. The van der Waals surface area contributed by atoms with Crippen molar-refractivity contribution in [1.29, 1.82) is 0 Å². The number of alkyl halides is 3. The molecule has 3 aromatic rings. The summed E-state index contributed by atoms with van der Waals surface area (Å²) in [6, 6.07) is 12.0. The molecule has 0 aliphatic carbocycles. The zero-order valence-electron chi connectivity index (χ0n) is 19.1. The van der Waals surface area contributed by atoms with Crippen LogP contribution in [0.15, 0.2) is 60.0 Å². The summed E-state index contributed by atoms with van der Waals surface area (Å²) in [7, 11) is 0. The molecular weight excluding hydrogens is 463 g/mol. The Labute approximate surface area is 199 Å². The van der Waals surface area contributed by atoms with Gasteiger partial charge in [0, 0.05) is 24.1 Å². The van der Waals surface area contributed by atoms with Gasteiger partial charge in [-0.25, -0.2) is 4.98 Å². The zero-order valence-corrected chi connectivity index (χ0v) is 19.9. The molecule has 34 heavy (non-hydrogen) atoms. The monoisotopic (exact) mass is 487 g/mol. The molecule has 1 N–H and O–H groups in total. The fourth-order valence-electron chi connectivity index (χ4n) is 3.29. The van der Waals surface area contributed by atoms with Gasteiger partial charge in [0.2, 0.25) is 11.8 Å². The van der Waals surface area contributed by atoms with Gasteiger partial charge in [-0.05, 0) is 41.3 Å². The highest BCUT2D eigenvalue weighted by Gasteiger charge is 2.31. The van der Waals surface area contributed by atoms with Crippen molar-refractivity contribution in [3.05, 3.63) is 76.8 Å². The summed E-state index contributed by atoms with van der Waals surface area (Å²) >= 11 is 1.09. The third-order valence-electron chi connectivity index (χ3n) is 4.85. The molecule has 0 saturated heterocycles. The summed E-state index contributed by atoms with van der Waals surface area (Å²) < 4.78 is 39.3. The normalized spacial score (nSPS) is 12.1. The van der Waals surface area contributed by atoms with Gasteiger partial charge in [-0.2, -0.15) is 13.2 Å². The molecule has 0 bridgehead atoms. The van der Waals surface area contributed by atoms with Crippen LogP contribution in [0.2, 0.25) is 0 Å². The highest BCUT2D eigenvalue weighted by molar-refractivity contribution is 7.14. The highest BCUT2D eigenvalue weighted by atomic mass is 32.1. The van der Waals surface area contributed by atoms with E-state index in [0.29, 0.717) is 11.4 Å². The number of amides is 2. The minimum absolute atomic E-state index is 0.0590. The second kappa shape index (κ2) is 9.80. The number of hydrogen-bond donors (Lipinski definition) is 1. The fourth-order valence-corrected chi connectivity index (χ4v) is 4.14. The van der Waals surface area contributed by atoms with Crippen LogP contribution in [0.3, 0.4) is 0 Å². The molecule has 3 rings (SSSR count). The van der Waals surface area contributed by atoms with Crippen LogP contribution >= 0.6 is 11.3 Å². The lowest BCUT2D eigenvalue weighted by atomic mass is 9.86. The van der Waals surface area contributed by atoms with Crippen molar-refractivity contribution in [2.45, 2.75) is 39.3 Å². The molecule has 0 aliphatic heterocycles. The van der Waals surface area contributed by atoms with Gasteiger partial charge in [-0.15, -0.1) is 11.3 Å². The first-order chi connectivity index (χ1) is 15.9. The van der Waals surface area contributed by atoms with Gasteiger partial charge in [0.25, 0.3) is 0 Å². The van der Waals surface area contributed by atoms with Crippen LogP contribution in [0, 0.1) is 0 Å². The Bertz CT molecular complexity index is 1230. The smallest absolute Gasteiger partial charge is 0.322 e. The third-order valence-corrected chi connectivity index (χ3v) is 5.69. The molecular formula is C25H24F3N3O2S. The Morgan fingerprint density at radius 1 is 1.06 bits per heavy atom. The molecule has 0 saturated carbocycles. The van der Waals surface area contributed by atoms with Crippen molar-refractivity contribution in [3.63, 3.8) is 0 Å². The third kappa shape index (κ3) is 6.11. The molecule has 1 heterocycles. The van der Waals surface area contributed by atoms with E-state index >= 15 is 0 Å². The molecule has 0 aliphatic rings. The minimum atomic E-state index is -4.53. The van der Waals surface area contributed by atoms with E-state index in [-0.39, 0.29) is 22.1 Å². The molecule has 0 unspecified atom stereocenters. The maximum Gasteiger partial charge on any atom is 0.416 e. The molecule has 0 spiro atoms. The molecule has 2 aromatic carbocycles. The number of benzene rings is 2. The van der Waals surface area contributed by atoms with Crippen molar-refractivity contribution in [3.8, 4) is 0 Å². The second-order valence-electron chi connectivity index (χ2n) is 8.58. The van der Waals surface area contributed by atoms with Crippen LogP contribution in [-0.4, -0.2) is 16.8 Å². The second-order valence-corrected chi connectivity index (χ2v) is 9.41. The van der Waals surface area contributed by atoms with Gasteiger partial charge < -0.3 is 5.32 Å². The molecule has 178 valence electrons. The first-order valence-corrected chi connectivity index (χ1v) is 11.3. The van der Waals surface area contributed by atoms with E-state index in [0.717, 1.165) is 33.9 Å². The number of carbonyl (C=O) groups excluding carboxylic acids is 2. The van der Waals surface area contributed by atoms with Crippen LogP contribution in [0.1, 0.15) is 44.5 Å². The standard InChI is InChI=1S/C25H24F3N3O2S/c1-16(32)31(19-9-7-8-17(14-19)25(26,27)28)23-29-18(15-34-23)12-13-22(33)30-21-11-6-5-10-20(21)24(2,3)4/h5-15H,1-4H3,(H,30,33)/b13-12+. The van der Waals surface area contributed by atoms with Crippen molar-refractivity contribution < 1.29 is 22.8 Å². The van der Waals surface area contributed by atoms with Gasteiger partial charge in [0.05, 0.1) is 16.9 Å². The van der Waals surface area contributed by atoms with Crippen LogP contribution < -0.4 is 10.2 Å². The van der Waals surface area contributed by atoms with Gasteiger partial charge in [-0.3, -0.25) is 14.5 Å². The van der Waals surface area contributed by atoms with Gasteiger partial charge in [-0.1, -0.05) is 45.0 Å². The van der Waals surface area contributed by atoms with E-state index in [1.165, 1.54) is 31.2 Å². The van der Waals surface area contributed by atoms with Gasteiger partial charge in [0.15, 0.2) is 5.13 Å². The summed E-state index contributed by atoms with van der Waals surface area (Å²) in [5, 5.41) is 4.68. The van der Waals surface area contributed by atoms with Crippen molar-refractivity contribution >= 4 is 45.7 Å². The van der Waals surface area contributed by atoms with Crippen LogP contribution in [-0.2, 0) is 21.2 Å². The number of thiazole rings is 1. The van der Waals surface area contributed by atoms with E-state index in [2.05, 4.69) is 31.1 Å². The Hall–Kier alpha value is -3.46. The van der Waals surface area contributed by atoms with Crippen LogP contribution in [0.25, 0.3) is 6.08 Å². The lowest BCUT2D eigenvalue weighted by Gasteiger charge is -2.22. The molecule has 5 nitrogen and oxygen atoms in total. The van der Waals surface area contributed by atoms with Crippen LogP contribution in [0.4, 0.5) is 29.7 Å². The number of aromatic nitrogens is 1. The van der Waals surface area contributed by atoms with Gasteiger partial charge in [0.1, 0.15) is 0 Å². The summed E-state index contributed by atoms with van der Waals surface area (Å²) in [5.74, 6) is -0.840. The summed E-state index contributed by atoms with van der Waals surface area (Å²) in [6.07, 6.45) is -1.73. The molecule has 0 atom stereocenters. The Balaban J connectivity index is 1.79. The predicted octanol–water partition coefficient (Wildman–Crippen LogP) is 6.80. The summed E-state index contributed by atoms with van der Waals surface area (Å²) in [4.78, 5) is 30.1. The fraction of sp³-hybridized carbons (Fsp3) is 0.240.